The van der Waals surface area contributed by atoms with Crippen molar-refractivity contribution in [1.82, 2.24) is 15.5 Å². The predicted molar refractivity (Wildman–Crippen MR) is 125 cm³/mol. The second-order valence-corrected chi connectivity index (χ2v) is 9.92. The van der Waals surface area contributed by atoms with Crippen LogP contribution in [0.3, 0.4) is 0 Å². The van der Waals surface area contributed by atoms with Crippen molar-refractivity contribution in [3.05, 3.63) is 41.6 Å². The van der Waals surface area contributed by atoms with Gasteiger partial charge in [0.2, 0.25) is 5.91 Å². The number of hydrogen-bond acceptors (Lipinski definition) is 5. The van der Waals surface area contributed by atoms with Crippen LogP contribution in [-0.4, -0.2) is 54.2 Å². The van der Waals surface area contributed by atoms with Gasteiger partial charge in [-0.15, -0.1) is 0 Å². The Hall–Kier alpha value is -2.38. The van der Waals surface area contributed by atoms with E-state index in [0.717, 1.165) is 42.7 Å². The van der Waals surface area contributed by atoms with Gasteiger partial charge in [0, 0.05) is 37.0 Å². The fraction of sp³-hybridized carbons (Fsp3) is 0.615. The minimum absolute atomic E-state index is 0.0757. The van der Waals surface area contributed by atoms with E-state index in [2.05, 4.69) is 17.2 Å². The summed E-state index contributed by atoms with van der Waals surface area (Å²) in [6, 6.07) is 6.02. The summed E-state index contributed by atoms with van der Waals surface area (Å²) < 4.78 is 12.2. The fourth-order valence-corrected chi connectivity index (χ4v) is 5.98. The highest BCUT2D eigenvalue weighted by Gasteiger charge is 2.39. The van der Waals surface area contributed by atoms with E-state index in [0.29, 0.717) is 43.1 Å². The molecule has 2 amide bonds. The number of allylic oxidation sites excluding steroid dienone is 1. The lowest BCUT2D eigenvalue weighted by molar-refractivity contribution is -0.126. The molecule has 1 aromatic carbocycles. The number of carbonyl (C=O) groups excluding carboxylic acids is 2. The van der Waals surface area contributed by atoms with Crippen molar-refractivity contribution in [1.29, 1.82) is 0 Å². The largest absolute Gasteiger partial charge is 0.489 e. The summed E-state index contributed by atoms with van der Waals surface area (Å²) in [5.41, 5.74) is 2.33. The second kappa shape index (κ2) is 9.47. The van der Waals surface area contributed by atoms with Crippen LogP contribution in [0, 0.1) is 0 Å². The number of hydrogen-bond donors (Lipinski definition) is 2. The fourth-order valence-electron chi connectivity index (χ4n) is 5.98. The first-order chi connectivity index (χ1) is 16.0. The summed E-state index contributed by atoms with van der Waals surface area (Å²) >= 11 is 0. The molecule has 7 nitrogen and oxygen atoms in total. The normalized spacial score (nSPS) is 32.1. The van der Waals surface area contributed by atoms with Crippen LogP contribution >= 0.6 is 0 Å². The van der Waals surface area contributed by atoms with Crippen LogP contribution in [-0.2, 0) is 16.1 Å². The minimum Gasteiger partial charge on any atom is -0.489 e. The van der Waals surface area contributed by atoms with Crippen LogP contribution in [0.15, 0.2) is 30.5 Å². The number of fused-ring (bicyclic) bond motifs is 1. The van der Waals surface area contributed by atoms with Gasteiger partial charge in [-0.2, -0.15) is 0 Å². The summed E-state index contributed by atoms with van der Waals surface area (Å²) in [5.74, 6) is 0.591. The number of ether oxygens (including phenoxy) is 2. The van der Waals surface area contributed by atoms with Gasteiger partial charge in [0.25, 0.3) is 5.91 Å². The molecule has 2 saturated carbocycles. The molecule has 0 spiro atoms. The molecule has 33 heavy (non-hydrogen) atoms. The van der Waals surface area contributed by atoms with E-state index in [1.54, 1.807) is 4.90 Å². The lowest BCUT2D eigenvalue weighted by Crippen LogP contribution is -2.51. The number of nitrogens with zero attached hydrogens (tertiary/aromatic N) is 1. The first kappa shape index (κ1) is 22.4. The van der Waals surface area contributed by atoms with E-state index in [1.807, 2.05) is 25.3 Å². The average Bonchev–Trinajstić information content (AvgIpc) is 3.39. The van der Waals surface area contributed by atoms with Crippen molar-refractivity contribution in [2.24, 2.45) is 0 Å². The van der Waals surface area contributed by atoms with Crippen molar-refractivity contribution < 1.29 is 19.1 Å². The molecular formula is C26H35N3O4. The third-order valence-electron chi connectivity index (χ3n) is 7.78. The van der Waals surface area contributed by atoms with Gasteiger partial charge in [0.1, 0.15) is 17.9 Å². The van der Waals surface area contributed by atoms with Crippen LogP contribution in [0.2, 0.25) is 0 Å². The Kier molecular flexibility index (Phi) is 6.43. The molecule has 7 heteroatoms. The predicted octanol–water partition coefficient (Wildman–Crippen LogP) is 3.28. The lowest BCUT2D eigenvalue weighted by atomic mass is 9.91. The molecule has 0 aromatic heterocycles. The molecule has 178 valence electrons. The molecule has 2 aliphatic carbocycles. The van der Waals surface area contributed by atoms with Crippen molar-refractivity contribution in [3.63, 3.8) is 0 Å². The summed E-state index contributed by atoms with van der Waals surface area (Å²) in [7, 11) is 1.81. The highest BCUT2D eigenvalue weighted by molar-refractivity contribution is 6.01. The van der Waals surface area contributed by atoms with Crippen molar-refractivity contribution in [2.75, 3.05) is 7.11 Å². The van der Waals surface area contributed by atoms with Gasteiger partial charge < -0.3 is 25.0 Å². The molecule has 5 rings (SSSR count). The zero-order valence-electron chi connectivity index (χ0n) is 19.5. The van der Waals surface area contributed by atoms with Crippen LogP contribution in [0.1, 0.15) is 73.7 Å². The highest BCUT2D eigenvalue weighted by Crippen LogP contribution is 2.33. The van der Waals surface area contributed by atoms with Gasteiger partial charge in [-0.25, -0.2) is 0 Å². The minimum atomic E-state index is -0.438. The first-order valence-electron chi connectivity index (χ1n) is 12.4. The van der Waals surface area contributed by atoms with Gasteiger partial charge in [-0.05, 0) is 75.1 Å². The lowest BCUT2D eigenvalue weighted by Gasteiger charge is -2.35. The monoisotopic (exact) mass is 453 g/mol. The summed E-state index contributed by atoms with van der Waals surface area (Å²) in [4.78, 5) is 27.1. The molecular weight excluding hydrogens is 418 g/mol. The van der Waals surface area contributed by atoms with Crippen LogP contribution < -0.4 is 15.4 Å². The Morgan fingerprint density at radius 3 is 2.61 bits per heavy atom. The number of piperidine rings is 1. The Morgan fingerprint density at radius 2 is 1.79 bits per heavy atom. The zero-order valence-corrected chi connectivity index (χ0v) is 19.5. The number of carbonyl (C=O) groups is 2. The second-order valence-electron chi connectivity index (χ2n) is 9.92. The van der Waals surface area contributed by atoms with Crippen LogP contribution in [0.5, 0.6) is 5.75 Å². The zero-order chi connectivity index (χ0) is 22.9. The molecule has 2 heterocycles. The third-order valence-corrected chi connectivity index (χ3v) is 7.78. The topological polar surface area (TPSA) is 79.9 Å². The van der Waals surface area contributed by atoms with Gasteiger partial charge in [0.15, 0.2) is 0 Å². The molecule has 0 radical (unpaired) electrons. The average molecular weight is 454 g/mol. The Bertz CT molecular complexity index is 932. The Balaban J connectivity index is 1.26. The van der Waals surface area contributed by atoms with E-state index in [-0.39, 0.29) is 17.9 Å². The molecule has 2 aliphatic heterocycles. The summed E-state index contributed by atoms with van der Waals surface area (Å²) in [6.45, 7) is 4.28. The number of benzene rings is 1. The standard InChI is InChI=1S/C26H35N3O4/c1-16-10-13-22(25(30)27-16)29-15-17-14-18(11-12-19(17)26(29)31)33-24-8-4-3-6-21(24)28-20-7-5-9-23(20)32-2/h11-12,14,20-24,28H,1,3-10,13,15H2,2H3,(H,27,30)/t20-,21+,22?,23-,24+/m1/s1. The van der Waals surface area contributed by atoms with E-state index >= 15 is 0 Å². The molecule has 4 aliphatic rings. The summed E-state index contributed by atoms with van der Waals surface area (Å²) in [6.07, 6.45) is 9.71. The molecule has 2 N–H and O–H groups in total. The van der Waals surface area contributed by atoms with Gasteiger partial charge >= 0.3 is 0 Å². The van der Waals surface area contributed by atoms with E-state index in [1.165, 1.54) is 19.3 Å². The Labute approximate surface area is 195 Å². The molecule has 1 unspecified atom stereocenters. The molecule has 3 fully saturated rings. The highest BCUT2D eigenvalue weighted by atomic mass is 16.5. The third kappa shape index (κ3) is 4.53. The number of amides is 2. The van der Waals surface area contributed by atoms with Crippen LogP contribution in [0.25, 0.3) is 0 Å². The van der Waals surface area contributed by atoms with Crippen molar-refractivity contribution in [3.8, 4) is 5.75 Å². The van der Waals surface area contributed by atoms with Crippen LogP contribution in [0.4, 0.5) is 0 Å². The Morgan fingerprint density at radius 1 is 1.03 bits per heavy atom. The van der Waals surface area contributed by atoms with Crippen molar-refractivity contribution >= 4 is 11.8 Å². The van der Waals surface area contributed by atoms with E-state index in [4.69, 9.17) is 9.47 Å². The number of nitrogens with one attached hydrogen (secondary N) is 2. The molecule has 0 bridgehead atoms. The molecule has 5 atom stereocenters. The van der Waals surface area contributed by atoms with Gasteiger partial charge in [-0.3, -0.25) is 9.59 Å². The smallest absolute Gasteiger partial charge is 0.255 e. The van der Waals surface area contributed by atoms with E-state index in [9.17, 15) is 9.59 Å². The SMILES string of the molecule is C=C1CCC(N2Cc3cc(O[C@H]4CCCC[C@@H]4N[C@@H]4CCC[C@H]4OC)ccc3C2=O)C(=O)N1. The number of rotatable bonds is 6. The quantitative estimate of drug-likeness (QED) is 0.691. The van der Waals surface area contributed by atoms with E-state index < -0.39 is 6.04 Å². The molecule has 1 aromatic rings. The maximum absolute atomic E-state index is 13.0. The maximum atomic E-state index is 13.0. The molecule has 1 saturated heterocycles. The van der Waals surface area contributed by atoms with Crippen molar-refractivity contribution in [2.45, 2.75) is 94.7 Å². The number of methoxy groups -OCH3 is 1. The van der Waals surface area contributed by atoms with Gasteiger partial charge in [0.05, 0.1) is 6.10 Å². The maximum Gasteiger partial charge on any atom is 0.255 e. The summed E-state index contributed by atoms with van der Waals surface area (Å²) in [5, 5.41) is 6.64. The van der Waals surface area contributed by atoms with Gasteiger partial charge in [-0.1, -0.05) is 13.0 Å². The first-order valence-corrected chi connectivity index (χ1v) is 12.4.